The second-order valence-corrected chi connectivity index (χ2v) is 10.7. The molecular formula is C23H23N3O3S3. The summed E-state index contributed by atoms with van der Waals surface area (Å²) in [5, 5.41) is 5.06. The van der Waals surface area contributed by atoms with Crippen LogP contribution >= 0.6 is 34.4 Å². The van der Waals surface area contributed by atoms with E-state index in [0.717, 1.165) is 53.4 Å². The lowest BCUT2D eigenvalue weighted by atomic mass is 10.2. The van der Waals surface area contributed by atoms with Crippen molar-refractivity contribution in [2.75, 3.05) is 12.4 Å². The number of nitrogens with one attached hydrogen (secondary N) is 1. The van der Waals surface area contributed by atoms with Gasteiger partial charge in [0.25, 0.3) is 5.56 Å². The Labute approximate surface area is 197 Å². The van der Waals surface area contributed by atoms with E-state index in [2.05, 4.69) is 14.5 Å². The predicted octanol–water partition coefficient (Wildman–Crippen LogP) is 5.29. The highest BCUT2D eigenvalue weighted by Gasteiger charge is 2.21. The van der Waals surface area contributed by atoms with E-state index in [0.29, 0.717) is 15.4 Å². The molecule has 1 aliphatic rings. The molecule has 1 saturated heterocycles. The average Bonchev–Trinajstić information content (AvgIpc) is 3.56. The number of hydrogen-bond donors (Lipinski definition) is 1. The van der Waals surface area contributed by atoms with E-state index in [1.54, 1.807) is 11.3 Å². The Balaban J connectivity index is 1.32. The highest BCUT2D eigenvalue weighted by atomic mass is 32.2. The molecule has 9 heteroatoms. The second kappa shape index (κ2) is 8.97. The molecule has 0 aromatic carbocycles. The Morgan fingerprint density at radius 2 is 2.25 bits per heavy atom. The quantitative estimate of drug-likeness (QED) is 0.219. The number of thioether (sulfide) groups is 1. The lowest BCUT2D eigenvalue weighted by Crippen LogP contribution is -2.17. The number of Topliss-reactive ketones (excluding diaryl/α,β-unsaturated/α-hetero) is 1. The molecule has 0 unspecified atom stereocenters. The number of carbonyl (C=O) groups excluding carboxylic acids is 1. The first-order valence-corrected chi connectivity index (χ1v) is 13.3. The minimum Gasteiger partial charge on any atom is -0.376 e. The average molecular weight is 486 g/mol. The number of fused-ring (bicyclic) bond motifs is 1. The van der Waals surface area contributed by atoms with Gasteiger partial charge < -0.3 is 14.3 Å². The molecule has 5 heterocycles. The molecule has 32 heavy (non-hydrogen) atoms. The lowest BCUT2D eigenvalue weighted by molar-refractivity contribution is 0.0957. The van der Waals surface area contributed by atoms with Gasteiger partial charge in [-0.3, -0.25) is 9.59 Å². The molecule has 0 saturated carbocycles. The van der Waals surface area contributed by atoms with Crippen LogP contribution in [0, 0.1) is 13.8 Å². The van der Waals surface area contributed by atoms with Crippen LogP contribution in [0.4, 0.5) is 0 Å². The van der Waals surface area contributed by atoms with Gasteiger partial charge in [-0.1, -0.05) is 17.8 Å². The summed E-state index contributed by atoms with van der Waals surface area (Å²) in [6, 6.07) is 5.93. The number of H-pyrrole nitrogens is 1. The summed E-state index contributed by atoms with van der Waals surface area (Å²) in [6.07, 6.45) is 2.39. The van der Waals surface area contributed by atoms with Crippen LogP contribution < -0.4 is 5.56 Å². The van der Waals surface area contributed by atoms with Crippen molar-refractivity contribution in [1.29, 1.82) is 0 Å². The van der Waals surface area contributed by atoms with Crippen molar-refractivity contribution in [3.05, 3.63) is 56.3 Å². The molecule has 5 rings (SSSR count). The van der Waals surface area contributed by atoms with Crippen LogP contribution in [0.1, 0.15) is 34.6 Å². The summed E-state index contributed by atoms with van der Waals surface area (Å²) in [4.78, 5) is 34.9. The SMILES string of the molecule is Cc1cc(C(=O)CSc2nc3scc(-c4cccs4)c3c(=O)[nH]2)c(C)n1C[C@@H]1CCCO1. The van der Waals surface area contributed by atoms with Crippen molar-refractivity contribution in [3.63, 3.8) is 0 Å². The highest BCUT2D eigenvalue weighted by Crippen LogP contribution is 2.34. The van der Waals surface area contributed by atoms with E-state index in [4.69, 9.17) is 4.74 Å². The van der Waals surface area contributed by atoms with Gasteiger partial charge in [-0.05, 0) is 44.2 Å². The van der Waals surface area contributed by atoms with Crippen molar-refractivity contribution in [2.24, 2.45) is 0 Å². The summed E-state index contributed by atoms with van der Waals surface area (Å²) in [6.45, 7) is 5.63. The van der Waals surface area contributed by atoms with E-state index in [9.17, 15) is 9.59 Å². The van der Waals surface area contributed by atoms with Gasteiger partial charge in [0, 0.05) is 45.9 Å². The van der Waals surface area contributed by atoms with Gasteiger partial charge in [0.1, 0.15) is 4.83 Å². The van der Waals surface area contributed by atoms with E-state index in [-0.39, 0.29) is 23.2 Å². The van der Waals surface area contributed by atoms with E-state index in [1.807, 2.05) is 42.8 Å². The number of aryl methyl sites for hydroxylation is 1. The van der Waals surface area contributed by atoms with Crippen LogP contribution in [-0.2, 0) is 11.3 Å². The van der Waals surface area contributed by atoms with E-state index >= 15 is 0 Å². The molecule has 4 aromatic rings. The van der Waals surface area contributed by atoms with Gasteiger partial charge in [0.15, 0.2) is 10.9 Å². The highest BCUT2D eigenvalue weighted by molar-refractivity contribution is 7.99. The third kappa shape index (κ3) is 4.10. The van der Waals surface area contributed by atoms with E-state index < -0.39 is 0 Å². The molecule has 1 N–H and O–H groups in total. The maximum absolute atomic E-state index is 13.0. The number of nitrogens with zero attached hydrogens (tertiary/aromatic N) is 2. The first kappa shape index (κ1) is 21.6. The fourth-order valence-corrected chi connectivity index (χ4v) is 6.74. The summed E-state index contributed by atoms with van der Waals surface area (Å²) < 4.78 is 7.94. The maximum atomic E-state index is 13.0. The number of rotatable bonds is 7. The molecule has 166 valence electrons. The van der Waals surface area contributed by atoms with Crippen molar-refractivity contribution < 1.29 is 9.53 Å². The van der Waals surface area contributed by atoms with Crippen LogP contribution in [0.5, 0.6) is 0 Å². The molecule has 4 aromatic heterocycles. The molecular weight excluding hydrogens is 462 g/mol. The number of carbonyl (C=O) groups is 1. The van der Waals surface area contributed by atoms with Crippen LogP contribution in [0.15, 0.2) is 38.9 Å². The van der Waals surface area contributed by atoms with E-state index in [1.165, 1.54) is 23.1 Å². The molecule has 1 atom stereocenters. The van der Waals surface area contributed by atoms with Crippen LogP contribution in [0.3, 0.4) is 0 Å². The Bertz CT molecular complexity index is 1330. The largest absolute Gasteiger partial charge is 0.376 e. The number of thiophene rings is 2. The van der Waals surface area contributed by atoms with Gasteiger partial charge in [0.05, 0.1) is 17.2 Å². The number of aromatic amines is 1. The van der Waals surface area contributed by atoms with Gasteiger partial charge in [0.2, 0.25) is 0 Å². The smallest absolute Gasteiger partial charge is 0.260 e. The Hall–Kier alpha value is -2.20. The molecule has 0 aliphatic carbocycles. The zero-order chi connectivity index (χ0) is 22.2. The predicted molar refractivity (Wildman–Crippen MR) is 131 cm³/mol. The molecule has 1 fully saturated rings. The number of hydrogen-bond acceptors (Lipinski definition) is 7. The molecule has 6 nitrogen and oxygen atoms in total. The van der Waals surface area contributed by atoms with Crippen LogP contribution in [-0.4, -0.2) is 38.8 Å². The van der Waals surface area contributed by atoms with Crippen molar-refractivity contribution in [2.45, 2.75) is 44.5 Å². The third-order valence-electron chi connectivity index (χ3n) is 5.83. The Morgan fingerprint density at radius 3 is 3.00 bits per heavy atom. The van der Waals surface area contributed by atoms with Crippen LogP contribution in [0.25, 0.3) is 20.7 Å². The molecule has 0 radical (unpaired) electrons. The minimum absolute atomic E-state index is 0.0369. The number of ether oxygens (including phenoxy) is 1. The van der Waals surface area contributed by atoms with Crippen molar-refractivity contribution in [3.8, 4) is 10.4 Å². The number of aromatic nitrogens is 3. The molecule has 0 spiro atoms. The van der Waals surface area contributed by atoms with Gasteiger partial charge in [-0.25, -0.2) is 4.98 Å². The normalized spacial score (nSPS) is 16.2. The monoisotopic (exact) mass is 485 g/mol. The van der Waals surface area contributed by atoms with Gasteiger partial charge in [-0.15, -0.1) is 22.7 Å². The first-order valence-electron chi connectivity index (χ1n) is 10.5. The summed E-state index contributed by atoms with van der Waals surface area (Å²) in [5.74, 6) is 0.261. The van der Waals surface area contributed by atoms with Crippen molar-refractivity contribution in [1.82, 2.24) is 14.5 Å². The standard InChI is InChI=1S/C23H23N3O3S3/c1-13-9-16(14(2)26(13)10-15-5-3-7-29-15)18(27)12-32-23-24-21(28)20-17(11-31-22(20)25-23)19-6-4-8-30-19/h4,6,8-9,11,15H,3,5,7,10,12H2,1-2H3,(H,24,25,28)/t15-/m0/s1. The van der Waals surface area contributed by atoms with Crippen LogP contribution in [0.2, 0.25) is 0 Å². The summed E-state index contributed by atoms with van der Waals surface area (Å²) in [7, 11) is 0. The Kier molecular flexibility index (Phi) is 6.07. The summed E-state index contributed by atoms with van der Waals surface area (Å²) >= 11 is 4.33. The maximum Gasteiger partial charge on any atom is 0.260 e. The zero-order valence-electron chi connectivity index (χ0n) is 17.8. The second-order valence-electron chi connectivity index (χ2n) is 7.92. The Morgan fingerprint density at radius 1 is 1.38 bits per heavy atom. The molecule has 0 bridgehead atoms. The first-order chi connectivity index (χ1) is 15.5. The minimum atomic E-state index is -0.163. The lowest BCUT2D eigenvalue weighted by Gasteiger charge is -2.14. The third-order valence-corrected chi connectivity index (χ3v) is 8.48. The summed E-state index contributed by atoms with van der Waals surface area (Å²) in [5.41, 5.74) is 3.52. The fraction of sp³-hybridized carbons (Fsp3) is 0.348. The topological polar surface area (TPSA) is 77.0 Å². The van der Waals surface area contributed by atoms with Gasteiger partial charge in [-0.2, -0.15) is 0 Å². The molecule has 0 amide bonds. The molecule has 1 aliphatic heterocycles. The van der Waals surface area contributed by atoms with Gasteiger partial charge >= 0.3 is 0 Å². The number of ketones is 1. The fourth-order valence-electron chi connectivity index (χ4n) is 4.18. The van der Waals surface area contributed by atoms with Crippen molar-refractivity contribution >= 4 is 50.4 Å². The zero-order valence-corrected chi connectivity index (χ0v) is 20.3.